The van der Waals surface area contributed by atoms with Crippen LogP contribution in [-0.2, 0) is 0 Å². The number of rotatable bonds is 3. The Morgan fingerprint density at radius 2 is 2.09 bits per heavy atom. The normalized spacial score (nSPS) is 21.4. The lowest BCUT2D eigenvalue weighted by molar-refractivity contribution is 0.276. The molecule has 1 aromatic carbocycles. The highest BCUT2D eigenvalue weighted by atomic mass is 32.1. The summed E-state index contributed by atoms with van der Waals surface area (Å²) in [6, 6.07) is 10.7. The largest absolute Gasteiger partial charge is 0.339 e. The Bertz CT molecular complexity index is 770. The van der Waals surface area contributed by atoms with Crippen molar-refractivity contribution in [2.45, 2.75) is 24.8 Å². The van der Waals surface area contributed by atoms with Crippen LogP contribution in [0.3, 0.4) is 0 Å². The van der Waals surface area contributed by atoms with E-state index in [1.54, 1.807) is 11.3 Å². The first-order valence-corrected chi connectivity index (χ1v) is 8.55. The van der Waals surface area contributed by atoms with Gasteiger partial charge in [-0.3, -0.25) is 0 Å². The molecule has 1 unspecified atom stereocenters. The number of benzene rings is 1. The molecule has 0 saturated carbocycles. The molecule has 23 heavy (non-hydrogen) atoms. The molecule has 4 rings (SSSR count). The molecule has 0 amide bonds. The van der Waals surface area contributed by atoms with Crippen molar-refractivity contribution in [3.05, 3.63) is 59.0 Å². The van der Waals surface area contributed by atoms with Gasteiger partial charge < -0.3 is 9.84 Å². The van der Waals surface area contributed by atoms with Crippen LogP contribution in [0.1, 0.15) is 36.3 Å². The van der Waals surface area contributed by atoms with Gasteiger partial charge in [-0.25, -0.2) is 4.39 Å². The SMILES string of the molecule is Fc1ccc(C2NCCC[C@@H]2c2nc(-c3cccs3)no2)cc1. The Morgan fingerprint density at radius 3 is 2.87 bits per heavy atom. The minimum absolute atomic E-state index is 0.0704. The maximum absolute atomic E-state index is 13.2. The molecule has 0 spiro atoms. The number of hydrogen-bond donors (Lipinski definition) is 1. The van der Waals surface area contributed by atoms with Gasteiger partial charge in [-0.05, 0) is 48.5 Å². The summed E-state index contributed by atoms with van der Waals surface area (Å²) in [5.74, 6) is 1.17. The van der Waals surface area contributed by atoms with E-state index in [2.05, 4.69) is 15.5 Å². The summed E-state index contributed by atoms with van der Waals surface area (Å²) < 4.78 is 18.7. The lowest BCUT2D eigenvalue weighted by Gasteiger charge is -2.30. The molecule has 0 bridgehead atoms. The number of piperidine rings is 1. The summed E-state index contributed by atoms with van der Waals surface area (Å²) in [4.78, 5) is 5.59. The van der Waals surface area contributed by atoms with Crippen molar-refractivity contribution in [1.29, 1.82) is 0 Å². The lowest BCUT2D eigenvalue weighted by Crippen LogP contribution is -2.33. The van der Waals surface area contributed by atoms with Gasteiger partial charge in [-0.15, -0.1) is 11.3 Å². The zero-order valence-electron chi connectivity index (χ0n) is 12.4. The quantitative estimate of drug-likeness (QED) is 0.784. The number of halogens is 1. The summed E-state index contributed by atoms with van der Waals surface area (Å²) in [6.45, 7) is 0.935. The third-order valence-corrected chi connectivity index (χ3v) is 5.05. The highest BCUT2D eigenvalue weighted by Gasteiger charge is 2.32. The second kappa shape index (κ2) is 6.22. The fourth-order valence-electron chi connectivity index (χ4n) is 3.07. The Balaban J connectivity index is 1.64. The molecule has 2 aromatic heterocycles. The minimum atomic E-state index is -0.223. The van der Waals surface area contributed by atoms with E-state index >= 15 is 0 Å². The molecule has 1 aliphatic rings. The molecule has 4 nitrogen and oxygen atoms in total. The van der Waals surface area contributed by atoms with Gasteiger partial charge in [0.2, 0.25) is 11.7 Å². The number of nitrogens with one attached hydrogen (secondary N) is 1. The van der Waals surface area contributed by atoms with E-state index in [4.69, 9.17) is 4.52 Å². The molecule has 3 heterocycles. The summed E-state index contributed by atoms with van der Waals surface area (Å²) in [7, 11) is 0. The van der Waals surface area contributed by atoms with Crippen LogP contribution in [0.4, 0.5) is 4.39 Å². The molecule has 1 saturated heterocycles. The van der Waals surface area contributed by atoms with E-state index < -0.39 is 0 Å². The molecule has 3 aromatic rings. The zero-order valence-corrected chi connectivity index (χ0v) is 13.2. The van der Waals surface area contributed by atoms with Crippen molar-refractivity contribution in [1.82, 2.24) is 15.5 Å². The molecule has 118 valence electrons. The Morgan fingerprint density at radius 1 is 1.22 bits per heavy atom. The number of hydrogen-bond acceptors (Lipinski definition) is 5. The molecule has 0 aliphatic carbocycles. The Labute approximate surface area is 137 Å². The highest BCUT2D eigenvalue weighted by Crippen LogP contribution is 2.37. The topological polar surface area (TPSA) is 51.0 Å². The van der Waals surface area contributed by atoms with Crippen LogP contribution in [0.15, 0.2) is 46.3 Å². The van der Waals surface area contributed by atoms with Crippen LogP contribution in [0, 0.1) is 5.82 Å². The first kappa shape index (κ1) is 14.5. The van der Waals surface area contributed by atoms with Gasteiger partial charge in [0.25, 0.3) is 0 Å². The van der Waals surface area contributed by atoms with Gasteiger partial charge in [0, 0.05) is 6.04 Å². The molecule has 1 fully saturated rings. The van der Waals surface area contributed by atoms with Crippen LogP contribution in [0.5, 0.6) is 0 Å². The molecule has 2 atom stereocenters. The summed E-state index contributed by atoms with van der Waals surface area (Å²) in [5.41, 5.74) is 1.05. The van der Waals surface area contributed by atoms with Crippen molar-refractivity contribution >= 4 is 11.3 Å². The van der Waals surface area contributed by atoms with Crippen LogP contribution in [0.2, 0.25) is 0 Å². The fourth-order valence-corrected chi connectivity index (χ4v) is 3.72. The molecule has 1 N–H and O–H groups in total. The third-order valence-electron chi connectivity index (χ3n) is 4.19. The number of thiophene rings is 1. The van der Waals surface area contributed by atoms with Gasteiger partial charge in [0.05, 0.1) is 10.8 Å². The van der Waals surface area contributed by atoms with E-state index in [-0.39, 0.29) is 17.8 Å². The standard InChI is InChI=1S/C17H16FN3OS/c18-12-7-5-11(6-8-12)15-13(3-1-9-19-15)17-20-16(21-22-17)14-4-2-10-23-14/h2,4-8,10,13,15,19H,1,3,9H2/t13-,15?/m0/s1. The average Bonchev–Trinajstić information content (AvgIpc) is 3.27. The fraction of sp³-hybridized carbons (Fsp3) is 0.294. The summed E-state index contributed by atoms with van der Waals surface area (Å²) in [5, 5.41) is 9.61. The molecular weight excluding hydrogens is 313 g/mol. The van der Waals surface area contributed by atoms with Crippen LogP contribution in [0.25, 0.3) is 10.7 Å². The van der Waals surface area contributed by atoms with Crippen LogP contribution in [-0.4, -0.2) is 16.7 Å². The van der Waals surface area contributed by atoms with Crippen molar-refractivity contribution in [2.75, 3.05) is 6.54 Å². The predicted octanol–water partition coefficient (Wildman–Crippen LogP) is 4.15. The maximum atomic E-state index is 13.2. The van der Waals surface area contributed by atoms with Crippen LogP contribution < -0.4 is 5.32 Å². The van der Waals surface area contributed by atoms with Gasteiger partial charge in [-0.2, -0.15) is 4.98 Å². The summed E-state index contributed by atoms with van der Waals surface area (Å²) in [6.07, 6.45) is 2.03. The van der Waals surface area contributed by atoms with Crippen LogP contribution >= 0.6 is 11.3 Å². The highest BCUT2D eigenvalue weighted by molar-refractivity contribution is 7.13. The minimum Gasteiger partial charge on any atom is -0.339 e. The molecule has 0 radical (unpaired) electrons. The zero-order chi connectivity index (χ0) is 15.6. The van der Waals surface area contributed by atoms with Gasteiger partial charge >= 0.3 is 0 Å². The maximum Gasteiger partial charge on any atom is 0.232 e. The van der Waals surface area contributed by atoms with E-state index in [9.17, 15) is 4.39 Å². The van der Waals surface area contributed by atoms with E-state index in [1.807, 2.05) is 29.6 Å². The second-order valence-corrected chi connectivity index (χ2v) is 6.61. The van der Waals surface area contributed by atoms with Gasteiger partial charge in [0.15, 0.2) is 0 Å². The summed E-state index contributed by atoms with van der Waals surface area (Å²) >= 11 is 1.59. The number of aromatic nitrogens is 2. The number of nitrogens with zero attached hydrogens (tertiary/aromatic N) is 2. The second-order valence-electron chi connectivity index (χ2n) is 5.67. The van der Waals surface area contributed by atoms with Gasteiger partial charge in [-0.1, -0.05) is 23.4 Å². The van der Waals surface area contributed by atoms with E-state index in [0.717, 1.165) is 29.8 Å². The average molecular weight is 329 g/mol. The molecule has 6 heteroatoms. The monoisotopic (exact) mass is 329 g/mol. The van der Waals surface area contributed by atoms with Crippen molar-refractivity contribution in [2.24, 2.45) is 0 Å². The van der Waals surface area contributed by atoms with E-state index in [0.29, 0.717) is 11.7 Å². The van der Waals surface area contributed by atoms with Crippen molar-refractivity contribution in [3.63, 3.8) is 0 Å². The molecule has 1 aliphatic heterocycles. The first-order chi connectivity index (χ1) is 11.3. The van der Waals surface area contributed by atoms with Crippen molar-refractivity contribution in [3.8, 4) is 10.7 Å². The molecular formula is C17H16FN3OS. The first-order valence-electron chi connectivity index (χ1n) is 7.67. The Hall–Kier alpha value is -2.05. The lowest BCUT2D eigenvalue weighted by atomic mass is 9.86. The van der Waals surface area contributed by atoms with E-state index in [1.165, 1.54) is 12.1 Å². The third kappa shape index (κ3) is 2.92. The smallest absolute Gasteiger partial charge is 0.232 e. The van der Waals surface area contributed by atoms with Gasteiger partial charge in [0.1, 0.15) is 5.82 Å². The van der Waals surface area contributed by atoms with Crippen molar-refractivity contribution < 1.29 is 8.91 Å². The Kier molecular flexibility index (Phi) is 3.93. The predicted molar refractivity (Wildman–Crippen MR) is 86.7 cm³/mol.